The van der Waals surface area contributed by atoms with Gasteiger partial charge in [0.15, 0.2) is 5.57 Å². The van der Waals surface area contributed by atoms with Crippen LogP contribution in [-0.4, -0.2) is 30.4 Å². The zero-order chi connectivity index (χ0) is 22.0. The van der Waals surface area contributed by atoms with Crippen molar-refractivity contribution in [3.63, 3.8) is 0 Å². The third kappa shape index (κ3) is 3.31. The number of para-hydroxylation sites is 2. The lowest BCUT2D eigenvalue weighted by Crippen LogP contribution is -2.47. The second-order valence-electron chi connectivity index (χ2n) is 6.92. The first-order valence-corrected chi connectivity index (χ1v) is 10.8. The minimum atomic E-state index is -0.961. The number of benzene rings is 2. The molecule has 2 heterocycles. The monoisotopic (exact) mass is 435 g/mol. The molecule has 1 unspecified atom stereocenters. The summed E-state index contributed by atoms with van der Waals surface area (Å²) >= 11 is 1.14. The van der Waals surface area contributed by atoms with E-state index in [2.05, 4.69) is 16.7 Å². The molecule has 0 amide bonds. The summed E-state index contributed by atoms with van der Waals surface area (Å²) in [5.41, 5.74) is 2.23. The lowest BCUT2D eigenvalue weighted by molar-refractivity contribution is -0.146. The van der Waals surface area contributed by atoms with E-state index in [1.54, 1.807) is 13.8 Å². The molecule has 2 aliphatic heterocycles. The number of rotatable bonds is 4. The van der Waals surface area contributed by atoms with E-state index in [4.69, 9.17) is 9.47 Å². The van der Waals surface area contributed by atoms with Gasteiger partial charge in [0, 0.05) is 22.5 Å². The molecule has 2 aromatic rings. The van der Waals surface area contributed by atoms with Crippen LogP contribution >= 0.6 is 11.8 Å². The average molecular weight is 436 g/mol. The lowest BCUT2D eigenvalue weighted by atomic mass is 9.76. The highest BCUT2D eigenvalue weighted by Gasteiger charge is 2.54. The van der Waals surface area contributed by atoms with Crippen LogP contribution in [0.1, 0.15) is 25.0 Å². The summed E-state index contributed by atoms with van der Waals surface area (Å²) in [6, 6.07) is 17.7. The molecule has 1 spiro atoms. The van der Waals surface area contributed by atoms with Crippen LogP contribution < -0.4 is 10.6 Å². The summed E-state index contributed by atoms with van der Waals surface area (Å²) < 4.78 is 10.2. The van der Waals surface area contributed by atoms with Crippen LogP contribution in [0.3, 0.4) is 0 Å². The molecule has 31 heavy (non-hydrogen) atoms. The predicted octanol–water partition coefficient (Wildman–Crippen LogP) is 3.55. The maximum atomic E-state index is 12.7. The average Bonchev–Trinajstić information content (AvgIpc) is 3.14. The second kappa shape index (κ2) is 8.36. The Morgan fingerprint density at radius 2 is 1.52 bits per heavy atom. The minimum Gasteiger partial charge on any atom is -0.462 e. The van der Waals surface area contributed by atoms with Crippen molar-refractivity contribution in [2.75, 3.05) is 18.5 Å². The lowest BCUT2D eigenvalue weighted by Gasteiger charge is -2.39. The molecule has 0 saturated carbocycles. The van der Waals surface area contributed by atoms with Crippen LogP contribution in [0.2, 0.25) is 0 Å². The van der Waals surface area contributed by atoms with E-state index >= 15 is 0 Å². The van der Waals surface area contributed by atoms with Gasteiger partial charge in [0.2, 0.25) is 0 Å². The van der Waals surface area contributed by atoms with Gasteiger partial charge in [-0.25, -0.2) is 9.59 Å². The van der Waals surface area contributed by atoms with Gasteiger partial charge in [-0.15, -0.1) is 0 Å². The zero-order valence-electron chi connectivity index (χ0n) is 17.1. The Hall–Kier alpha value is -3.44. The van der Waals surface area contributed by atoms with Crippen LogP contribution in [0.4, 0.5) is 11.4 Å². The number of anilines is 2. The number of esters is 2. The third-order valence-corrected chi connectivity index (χ3v) is 6.45. The Bertz CT molecular complexity index is 1060. The van der Waals surface area contributed by atoms with Crippen molar-refractivity contribution in [3.05, 3.63) is 70.3 Å². The van der Waals surface area contributed by atoms with Crippen LogP contribution in [0.5, 0.6) is 0 Å². The highest BCUT2D eigenvalue weighted by molar-refractivity contribution is 8.04. The first kappa shape index (κ1) is 20.8. The summed E-state index contributed by atoms with van der Waals surface area (Å²) in [4.78, 5) is 25.3. The van der Waals surface area contributed by atoms with Crippen molar-refractivity contribution in [3.8, 4) is 6.07 Å². The molecule has 1 saturated heterocycles. The molecule has 2 aliphatic rings. The first-order chi connectivity index (χ1) is 15.1. The molecule has 0 aliphatic carbocycles. The van der Waals surface area contributed by atoms with Gasteiger partial charge in [0.05, 0.1) is 24.3 Å². The topological polar surface area (TPSA) is 100 Å². The number of hydrogen-bond acceptors (Lipinski definition) is 8. The first-order valence-electron chi connectivity index (χ1n) is 9.95. The Labute approximate surface area is 184 Å². The van der Waals surface area contributed by atoms with Crippen molar-refractivity contribution < 1.29 is 19.1 Å². The molecule has 0 aromatic heterocycles. The molecule has 8 heteroatoms. The van der Waals surface area contributed by atoms with E-state index in [1.165, 1.54) is 0 Å². The summed E-state index contributed by atoms with van der Waals surface area (Å²) in [5.74, 6) is -1.56. The van der Waals surface area contributed by atoms with E-state index in [-0.39, 0.29) is 23.8 Å². The molecule has 7 nitrogen and oxygen atoms in total. The van der Waals surface area contributed by atoms with E-state index in [1.807, 2.05) is 48.5 Å². The predicted molar refractivity (Wildman–Crippen MR) is 117 cm³/mol. The quantitative estimate of drug-likeness (QED) is 0.325. The van der Waals surface area contributed by atoms with Gasteiger partial charge >= 0.3 is 11.9 Å². The van der Waals surface area contributed by atoms with Gasteiger partial charge in [0.1, 0.15) is 10.8 Å². The zero-order valence-corrected chi connectivity index (χ0v) is 17.9. The van der Waals surface area contributed by atoms with Gasteiger partial charge in [-0.3, -0.25) is 0 Å². The van der Waals surface area contributed by atoms with Crippen LogP contribution in [0, 0.1) is 11.3 Å². The number of nitrogens with one attached hydrogen (secondary N) is 2. The molecule has 0 radical (unpaired) electrons. The van der Waals surface area contributed by atoms with Gasteiger partial charge in [0.25, 0.3) is 0 Å². The van der Waals surface area contributed by atoms with Crippen molar-refractivity contribution in [1.82, 2.24) is 5.32 Å². The van der Waals surface area contributed by atoms with Crippen molar-refractivity contribution in [2.24, 2.45) is 0 Å². The SMILES string of the molecule is CCOC(=O)C(C(=O)OCC)=C1NC2(c3ccccc3Nc3ccccc32)C(C#N)S1. The highest BCUT2D eigenvalue weighted by atomic mass is 32.2. The van der Waals surface area contributed by atoms with Crippen molar-refractivity contribution >= 4 is 35.1 Å². The Morgan fingerprint density at radius 1 is 1.00 bits per heavy atom. The molecule has 0 bridgehead atoms. The third-order valence-electron chi connectivity index (χ3n) is 5.22. The Balaban J connectivity index is 1.95. The van der Waals surface area contributed by atoms with E-state index < -0.39 is 22.7 Å². The molecule has 158 valence electrons. The van der Waals surface area contributed by atoms with Crippen molar-refractivity contribution in [2.45, 2.75) is 24.6 Å². The maximum absolute atomic E-state index is 12.7. The summed E-state index contributed by atoms with van der Waals surface area (Å²) in [7, 11) is 0. The van der Waals surface area contributed by atoms with E-state index in [0.29, 0.717) is 0 Å². The van der Waals surface area contributed by atoms with E-state index in [0.717, 1.165) is 34.3 Å². The van der Waals surface area contributed by atoms with Crippen LogP contribution in [0.25, 0.3) is 0 Å². The summed E-state index contributed by atoms with van der Waals surface area (Å²) in [6.07, 6.45) is 0. The smallest absolute Gasteiger partial charge is 0.348 e. The fraction of sp³-hybridized carbons (Fsp3) is 0.261. The number of carbonyl (C=O) groups excluding carboxylic acids is 2. The summed E-state index contributed by atoms with van der Waals surface area (Å²) in [5, 5.41) is 16.5. The van der Waals surface area contributed by atoms with Crippen molar-refractivity contribution in [1.29, 1.82) is 5.26 Å². The molecular formula is C23H21N3O4S. The minimum absolute atomic E-state index is 0.113. The fourth-order valence-corrected chi connectivity index (χ4v) is 5.26. The van der Waals surface area contributed by atoms with Gasteiger partial charge in [-0.05, 0) is 26.0 Å². The number of ether oxygens (including phenoxy) is 2. The fourth-order valence-electron chi connectivity index (χ4n) is 3.98. The van der Waals surface area contributed by atoms with Gasteiger partial charge < -0.3 is 20.1 Å². The largest absolute Gasteiger partial charge is 0.462 e. The molecule has 4 rings (SSSR count). The number of thioether (sulfide) groups is 1. The van der Waals surface area contributed by atoms with Crippen LogP contribution in [0.15, 0.2) is 59.1 Å². The molecular weight excluding hydrogens is 414 g/mol. The summed E-state index contributed by atoms with van der Waals surface area (Å²) in [6.45, 7) is 3.56. The van der Waals surface area contributed by atoms with Crippen LogP contribution in [-0.2, 0) is 24.6 Å². The van der Waals surface area contributed by atoms with Gasteiger partial charge in [-0.2, -0.15) is 5.26 Å². The van der Waals surface area contributed by atoms with Gasteiger partial charge in [-0.1, -0.05) is 48.2 Å². The van der Waals surface area contributed by atoms with E-state index in [9.17, 15) is 14.9 Å². The molecule has 2 N–H and O–H groups in total. The molecule has 2 aromatic carbocycles. The number of fused-ring (bicyclic) bond motifs is 4. The standard InChI is InChI=1S/C23H21N3O4S/c1-3-29-21(27)19(22(28)30-4-2)20-26-23(18(13-24)31-20)14-9-5-7-11-16(14)25-17-12-8-6-10-15(17)23/h5-12,18,25-26H,3-4H2,1-2H3. The molecule has 1 atom stereocenters. The second-order valence-corrected chi connectivity index (χ2v) is 8.04. The maximum Gasteiger partial charge on any atom is 0.348 e. The Morgan fingerprint density at radius 3 is 2.00 bits per heavy atom. The highest BCUT2D eigenvalue weighted by Crippen LogP contribution is 2.54. The Kier molecular flexibility index (Phi) is 5.61. The normalized spacial score (nSPS) is 17.5. The number of carbonyl (C=O) groups is 2. The molecule has 1 fully saturated rings. The number of hydrogen-bond donors (Lipinski definition) is 2. The number of nitrogens with zero attached hydrogens (tertiary/aromatic N) is 1. The number of nitriles is 1.